The standard InChI is InChI=1S/C17H22N2O/c1-17(2)12-19(9-10-20-17)16-8-7-13(11-18)14-5-3-4-6-15(14)16/h3-8H,9-12,18H2,1-2H3. The van der Waals surface area contributed by atoms with Crippen LogP contribution >= 0.6 is 0 Å². The second kappa shape index (κ2) is 5.08. The van der Waals surface area contributed by atoms with Gasteiger partial charge in [0.05, 0.1) is 12.2 Å². The molecule has 0 aromatic heterocycles. The molecule has 0 spiro atoms. The monoisotopic (exact) mass is 270 g/mol. The van der Waals surface area contributed by atoms with Gasteiger partial charge in [-0.3, -0.25) is 0 Å². The highest BCUT2D eigenvalue weighted by atomic mass is 16.5. The molecule has 1 saturated heterocycles. The van der Waals surface area contributed by atoms with Crippen LogP contribution in [-0.4, -0.2) is 25.3 Å². The van der Waals surface area contributed by atoms with Crippen LogP contribution in [0.5, 0.6) is 0 Å². The number of rotatable bonds is 2. The van der Waals surface area contributed by atoms with Gasteiger partial charge in [0, 0.05) is 30.7 Å². The van der Waals surface area contributed by atoms with Gasteiger partial charge in [-0.1, -0.05) is 30.3 Å². The predicted octanol–water partition coefficient (Wildman–Crippen LogP) is 2.91. The van der Waals surface area contributed by atoms with Crippen LogP contribution in [0.1, 0.15) is 19.4 Å². The average Bonchev–Trinajstić information content (AvgIpc) is 2.45. The van der Waals surface area contributed by atoms with E-state index < -0.39 is 0 Å². The maximum Gasteiger partial charge on any atom is 0.0801 e. The Hall–Kier alpha value is -1.58. The summed E-state index contributed by atoms with van der Waals surface area (Å²) in [6.45, 7) is 7.51. The number of fused-ring (bicyclic) bond motifs is 1. The number of anilines is 1. The van der Waals surface area contributed by atoms with E-state index in [1.807, 2.05) is 0 Å². The van der Waals surface area contributed by atoms with E-state index in [-0.39, 0.29) is 5.60 Å². The molecule has 106 valence electrons. The van der Waals surface area contributed by atoms with Gasteiger partial charge < -0.3 is 15.4 Å². The number of nitrogens with zero attached hydrogens (tertiary/aromatic N) is 1. The largest absolute Gasteiger partial charge is 0.372 e. The summed E-state index contributed by atoms with van der Waals surface area (Å²) in [7, 11) is 0. The van der Waals surface area contributed by atoms with Crippen LogP contribution in [-0.2, 0) is 11.3 Å². The minimum absolute atomic E-state index is 0.0914. The maximum atomic E-state index is 5.85. The summed E-state index contributed by atoms with van der Waals surface area (Å²) in [5, 5.41) is 2.55. The molecule has 2 N–H and O–H groups in total. The molecule has 0 amide bonds. The quantitative estimate of drug-likeness (QED) is 0.912. The zero-order valence-corrected chi connectivity index (χ0v) is 12.2. The Kier molecular flexibility index (Phi) is 3.40. The second-order valence-corrected chi connectivity index (χ2v) is 6.02. The molecule has 0 bridgehead atoms. The van der Waals surface area contributed by atoms with Gasteiger partial charge in [0.25, 0.3) is 0 Å². The third-order valence-corrected chi connectivity index (χ3v) is 3.98. The van der Waals surface area contributed by atoms with Crippen molar-refractivity contribution in [3.8, 4) is 0 Å². The molecule has 1 aliphatic heterocycles. The first kappa shape index (κ1) is 13.4. The van der Waals surface area contributed by atoms with E-state index in [9.17, 15) is 0 Å². The number of benzene rings is 2. The average molecular weight is 270 g/mol. The highest BCUT2D eigenvalue weighted by molar-refractivity contribution is 5.96. The van der Waals surface area contributed by atoms with Gasteiger partial charge in [-0.05, 0) is 30.9 Å². The molecule has 0 radical (unpaired) electrons. The lowest BCUT2D eigenvalue weighted by Gasteiger charge is -2.40. The molecule has 0 unspecified atom stereocenters. The Balaban J connectivity index is 2.08. The smallest absolute Gasteiger partial charge is 0.0801 e. The van der Waals surface area contributed by atoms with Gasteiger partial charge in [0.2, 0.25) is 0 Å². The number of hydrogen-bond donors (Lipinski definition) is 1. The van der Waals surface area contributed by atoms with Gasteiger partial charge in [-0.25, -0.2) is 0 Å². The lowest BCUT2D eigenvalue weighted by atomic mass is 10.0. The first-order chi connectivity index (χ1) is 9.61. The Bertz CT molecular complexity index is 621. The predicted molar refractivity (Wildman–Crippen MR) is 84.1 cm³/mol. The van der Waals surface area contributed by atoms with E-state index in [1.54, 1.807) is 0 Å². The zero-order valence-electron chi connectivity index (χ0n) is 12.2. The topological polar surface area (TPSA) is 38.5 Å². The third-order valence-electron chi connectivity index (χ3n) is 3.98. The highest BCUT2D eigenvalue weighted by Crippen LogP contribution is 2.32. The number of ether oxygens (including phenoxy) is 1. The van der Waals surface area contributed by atoms with Crippen molar-refractivity contribution in [1.82, 2.24) is 0 Å². The fraction of sp³-hybridized carbons (Fsp3) is 0.412. The van der Waals surface area contributed by atoms with Crippen LogP contribution in [0.4, 0.5) is 5.69 Å². The highest BCUT2D eigenvalue weighted by Gasteiger charge is 2.28. The van der Waals surface area contributed by atoms with Gasteiger partial charge >= 0.3 is 0 Å². The van der Waals surface area contributed by atoms with E-state index in [0.29, 0.717) is 6.54 Å². The van der Waals surface area contributed by atoms with Crippen molar-refractivity contribution in [2.45, 2.75) is 26.0 Å². The van der Waals surface area contributed by atoms with E-state index in [4.69, 9.17) is 10.5 Å². The summed E-state index contributed by atoms with van der Waals surface area (Å²) >= 11 is 0. The van der Waals surface area contributed by atoms with Crippen molar-refractivity contribution >= 4 is 16.5 Å². The summed E-state index contributed by atoms with van der Waals surface area (Å²) in [5.41, 5.74) is 8.25. The number of nitrogens with two attached hydrogens (primary N) is 1. The number of morpholine rings is 1. The Morgan fingerprint density at radius 2 is 1.90 bits per heavy atom. The van der Waals surface area contributed by atoms with Gasteiger partial charge in [0.15, 0.2) is 0 Å². The molecular formula is C17H22N2O. The summed E-state index contributed by atoms with van der Waals surface area (Å²) in [5.74, 6) is 0. The molecule has 3 nitrogen and oxygen atoms in total. The minimum Gasteiger partial charge on any atom is -0.372 e. The van der Waals surface area contributed by atoms with E-state index in [0.717, 1.165) is 19.7 Å². The van der Waals surface area contributed by atoms with Gasteiger partial charge in [-0.15, -0.1) is 0 Å². The summed E-state index contributed by atoms with van der Waals surface area (Å²) in [4.78, 5) is 2.42. The molecule has 2 aromatic carbocycles. The minimum atomic E-state index is -0.0914. The molecule has 0 saturated carbocycles. The van der Waals surface area contributed by atoms with E-state index >= 15 is 0 Å². The third kappa shape index (κ3) is 2.39. The molecule has 20 heavy (non-hydrogen) atoms. The first-order valence-electron chi connectivity index (χ1n) is 7.20. The molecule has 0 atom stereocenters. The molecule has 3 heteroatoms. The zero-order chi connectivity index (χ0) is 14.2. The van der Waals surface area contributed by atoms with E-state index in [2.05, 4.69) is 55.1 Å². The molecule has 1 heterocycles. The first-order valence-corrected chi connectivity index (χ1v) is 7.20. The second-order valence-electron chi connectivity index (χ2n) is 6.02. The number of hydrogen-bond acceptors (Lipinski definition) is 3. The Labute approximate surface area is 120 Å². The summed E-state index contributed by atoms with van der Waals surface area (Å²) < 4.78 is 5.81. The molecule has 3 rings (SSSR count). The van der Waals surface area contributed by atoms with Gasteiger partial charge in [0.1, 0.15) is 0 Å². The van der Waals surface area contributed by atoms with Crippen molar-refractivity contribution in [1.29, 1.82) is 0 Å². The molecule has 2 aromatic rings. The van der Waals surface area contributed by atoms with Crippen molar-refractivity contribution < 1.29 is 4.74 Å². The van der Waals surface area contributed by atoms with Crippen molar-refractivity contribution in [2.75, 3.05) is 24.6 Å². The van der Waals surface area contributed by atoms with Crippen molar-refractivity contribution in [3.05, 3.63) is 42.0 Å². The summed E-state index contributed by atoms with van der Waals surface area (Å²) in [6.07, 6.45) is 0. The SMILES string of the molecule is CC1(C)CN(c2ccc(CN)c3ccccc23)CCO1. The molecule has 0 aliphatic carbocycles. The molecule has 1 aliphatic rings. The van der Waals surface area contributed by atoms with Crippen LogP contribution < -0.4 is 10.6 Å². The van der Waals surface area contributed by atoms with Crippen LogP contribution in [0.2, 0.25) is 0 Å². The fourth-order valence-electron chi connectivity index (χ4n) is 3.02. The van der Waals surface area contributed by atoms with Crippen LogP contribution in [0, 0.1) is 0 Å². The maximum absolute atomic E-state index is 5.85. The van der Waals surface area contributed by atoms with Crippen LogP contribution in [0.25, 0.3) is 10.8 Å². The normalized spacial score (nSPS) is 18.4. The van der Waals surface area contributed by atoms with Gasteiger partial charge in [-0.2, -0.15) is 0 Å². The Morgan fingerprint density at radius 1 is 1.15 bits per heavy atom. The van der Waals surface area contributed by atoms with Crippen LogP contribution in [0.15, 0.2) is 36.4 Å². The molecular weight excluding hydrogens is 248 g/mol. The van der Waals surface area contributed by atoms with Crippen molar-refractivity contribution in [3.63, 3.8) is 0 Å². The summed E-state index contributed by atoms with van der Waals surface area (Å²) in [6, 6.07) is 12.9. The fourth-order valence-corrected chi connectivity index (χ4v) is 3.02. The Morgan fingerprint density at radius 3 is 2.60 bits per heavy atom. The van der Waals surface area contributed by atoms with Crippen molar-refractivity contribution in [2.24, 2.45) is 5.73 Å². The lowest BCUT2D eigenvalue weighted by molar-refractivity contribution is -0.0276. The molecule has 1 fully saturated rings. The van der Waals surface area contributed by atoms with E-state index in [1.165, 1.54) is 22.0 Å². The van der Waals surface area contributed by atoms with Crippen LogP contribution in [0.3, 0.4) is 0 Å². The lowest BCUT2D eigenvalue weighted by Crippen LogP contribution is -2.48.